The molecule has 1 atom stereocenters. The first kappa shape index (κ1) is 12.3. The molecule has 0 fully saturated rings. The van der Waals surface area contributed by atoms with E-state index in [1.54, 1.807) is 4.68 Å². The Hall–Kier alpha value is -2.17. The molecule has 1 amide bonds. The highest BCUT2D eigenvalue weighted by atomic mass is 16.1. The van der Waals surface area contributed by atoms with Crippen LogP contribution in [0.2, 0.25) is 0 Å². The van der Waals surface area contributed by atoms with Gasteiger partial charge in [-0.05, 0) is 12.1 Å². The molecule has 18 heavy (non-hydrogen) atoms. The van der Waals surface area contributed by atoms with Gasteiger partial charge in [0.1, 0.15) is 0 Å². The van der Waals surface area contributed by atoms with E-state index in [1.807, 2.05) is 50.5 Å². The van der Waals surface area contributed by atoms with Gasteiger partial charge < -0.3 is 5.32 Å². The van der Waals surface area contributed by atoms with Crippen LogP contribution in [0.1, 0.15) is 25.0 Å². The minimum absolute atomic E-state index is 0.0145. The fraction of sp³-hybridized carbons (Fsp3) is 0.308. The number of hydrogen-bond acceptors (Lipinski definition) is 3. The van der Waals surface area contributed by atoms with Gasteiger partial charge >= 0.3 is 0 Å². The molecule has 2 aromatic rings. The summed E-state index contributed by atoms with van der Waals surface area (Å²) in [4.78, 5) is 11.8. The monoisotopic (exact) mass is 244 g/mol. The molecule has 94 valence electrons. The summed E-state index contributed by atoms with van der Waals surface area (Å²) in [6.07, 6.45) is 2.23. The number of nitrogens with zero attached hydrogens (tertiary/aromatic N) is 3. The molecule has 0 bridgehead atoms. The van der Waals surface area contributed by atoms with E-state index in [9.17, 15) is 4.79 Å². The molecule has 5 heteroatoms. The lowest BCUT2D eigenvalue weighted by atomic mass is 10.0. The first-order valence-corrected chi connectivity index (χ1v) is 5.86. The van der Waals surface area contributed by atoms with E-state index in [0.717, 1.165) is 11.4 Å². The number of carbonyl (C=O) groups is 1. The summed E-state index contributed by atoms with van der Waals surface area (Å²) >= 11 is 0. The number of rotatable bonds is 4. The number of para-hydroxylation sites is 1. The van der Waals surface area contributed by atoms with Crippen LogP contribution in [0.5, 0.6) is 0 Å². The lowest BCUT2D eigenvalue weighted by Gasteiger charge is -2.08. The SMILES string of the molecule is CC(CC(=O)Nc1ccccc1)c1cn(C)nn1. The molecular weight excluding hydrogens is 228 g/mol. The number of benzene rings is 1. The Balaban J connectivity index is 1.92. The van der Waals surface area contributed by atoms with Gasteiger partial charge in [0, 0.05) is 31.3 Å². The maximum absolute atomic E-state index is 11.8. The van der Waals surface area contributed by atoms with Gasteiger partial charge in [-0.1, -0.05) is 30.3 Å². The second kappa shape index (κ2) is 5.44. The number of anilines is 1. The van der Waals surface area contributed by atoms with Gasteiger partial charge in [0.15, 0.2) is 0 Å². The number of aromatic nitrogens is 3. The summed E-state index contributed by atoms with van der Waals surface area (Å²) in [5.74, 6) is 0.0433. The number of carbonyl (C=O) groups excluding carboxylic acids is 1. The number of hydrogen-bond donors (Lipinski definition) is 1. The Labute approximate surface area is 106 Å². The zero-order valence-corrected chi connectivity index (χ0v) is 10.5. The van der Waals surface area contributed by atoms with Crippen molar-refractivity contribution in [2.45, 2.75) is 19.3 Å². The highest BCUT2D eigenvalue weighted by Gasteiger charge is 2.14. The normalized spacial score (nSPS) is 12.1. The fourth-order valence-corrected chi connectivity index (χ4v) is 1.71. The lowest BCUT2D eigenvalue weighted by molar-refractivity contribution is -0.116. The van der Waals surface area contributed by atoms with Crippen LogP contribution in [-0.4, -0.2) is 20.9 Å². The summed E-state index contributed by atoms with van der Waals surface area (Å²) in [5, 5.41) is 10.7. The van der Waals surface area contributed by atoms with Crippen molar-refractivity contribution in [3.05, 3.63) is 42.2 Å². The summed E-state index contributed by atoms with van der Waals surface area (Å²) < 4.78 is 1.64. The van der Waals surface area contributed by atoms with E-state index < -0.39 is 0 Å². The van der Waals surface area contributed by atoms with Crippen LogP contribution < -0.4 is 5.32 Å². The molecule has 0 aliphatic rings. The highest BCUT2D eigenvalue weighted by Crippen LogP contribution is 2.16. The van der Waals surface area contributed by atoms with Crippen LogP contribution in [0.15, 0.2) is 36.5 Å². The molecule has 0 spiro atoms. The smallest absolute Gasteiger partial charge is 0.225 e. The van der Waals surface area contributed by atoms with Gasteiger partial charge in [0.25, 0.3) is 0 Å². The predicted octanol–water partition coefficient (Wildman–Crippen LogP) is 1.95. The second-order valence-electron chi connectivity index (χ2n) is 4.34. The zero-order chi connectivity index (χ0) is 13.0. The van der Waals surface area contributed by atoms with Gasteiger partial charge in [-0.15, -0.1) is 5.10 Å². The van der Waals surface area contributed by atoms with Gasteiger partial charge in [-0.3, -0.25) is 9.48 Å². The first-order valence-electron chi connectivity index (χ1n) is 5.86. The summed E-state index contributed by atoms with van der Waals surface area (Å²) in [6.45, 7) is 1.97. The van der Waals surface area contributed by atoms with Crippen molar-refractivity contribution in [1.29, 1.82) is 0 Å². The van der Waals surface area contributed by atoms with Crippen LogP contribution in [0.25, 0.3) is 0 Å². The van der Waals surface area contributed by atoms with Crippen molar-refractivity contribution in [2.24, 2.45) is 7.05 Å². The molecule has 1 aromatic carbocycles. The quantitative estimate of drug-likeness (QED) is 0.894. The topological polar surface area (TPSA) is 59.8 Å². The standard InChI is InChI=1S/C13H16N4O/c1-10(12-9-17(2)16-15-12)8-13(18)14-11-6-4-3-5-7-11/h3-7,9-10H,8H2,1-2H3,(H,14,18). The van der Waals surface area contributed by atoms with E-state index in [-0.39, 0.29) is 11.8 Å². The van der Waals surface area contributed by atoms with Crippen molar-refractivity contribution in [3.8, 4) is 0 Å². The minimum atomic E-state index is -0.0145. The van der Waals surface area contributed by atoms with Gasteiger partial charge in [-0.25, -0.2) is 0 Å². The third-order valence-electron chi connectivity index (χ3n) is 2.67. The van der Waals surface area contributed by atoms with Crippen molar-refractivity contribution in [2.75, 3.05) is 5.32 Å². The molecule has 0 saturated carbocycles. The number of amides is 1. The average Bonchev–Trinajstić information content (AvgIpc) is 2.77. The average molecular weight is 244 g/mol. The Morgan fingerprint density at radius 2 is 2.11 bits per heavy atom. The van der Waals surface area contributed by atoms with Gasteiger partial charge in [-0.2, -0.15) is 0 Å². The van der Waals surface area contributed by atoms with E-state index in [0.29, 0.717) is 6.42 Å². The molecule has 5 nitrogen and oxygen atoms in total. The van der Waals surface area contributed by atoms with E-state index in [4.69, 9.17) is 0 Å². The highest BCUT2D eigenvalue weighted by molar-refractivity contribution is 5.91. The molecule has 2 rings (SSSR count). The van der Waals surface area contributed by atoms with Crippen molar-refractivity contribution in [1.82, 2.24) is 15.0 Å². The van der Waals surface area contributed by atoms with Crippen LogP contribution in [0.4, 0.5) is 5.69 Å². The lowest BCUT2D eigenvalue weighted by Crippen LogP contribution is -2.14. The summed E-state index contributed by atoms with van der Waals surface area (Å²) in [6, 6.07) is 9.43. The Morgan fingerprint density at radius 3 is 2.72 bits per heavy atom. The second-order valence-corrected chi connectivity index (χ2v) is 4.34. The Kier molecular flexibility index (Phi) is 3.72. The summed E-state index contributed by atoms with van der Waals surface area (Å²) in [7, 11) is 1.81. The molecule has 0 aliphatic heterocycles. The zero-order valence-electron chi connectivity index (χ0n) is 10.5. The third-order valence-corrected chi connectivity index (χ3v) is 2.67. The predicted molar refractivity (Wildman–Crippen MR) is 69.1 cm³/mol. The maximum Gasteiger partial charge on any atom is 0.225 e. The van der Waals surface area contributed by atoms with E-state index in [2.05, 4.69) is 15.6 Å². The first-order chi connectivity index (χ1) is 8.65. The van der Waals surface area contributed by atoms with Crippen LogP contribution in [0.3, 0.4) is 0 Å². The molecular formula is C13H16N4O. The fourth-order valence-electron chi connectivity index (χ4n) is 1.71. The molecule has 0 radical (unpaired) electrons. The van der Waals surface area contributed by atoms with Crippen LogP contribution >= 0.6 is 0 Å². The van der Waals surface area contributed by atoms with Crippen molar-refractivity contribution < 1.29 is 4.79 Å². The molecule has 0 aliphatic carbocycles. The largest absolute Gasteiger partial charge is 0.326 e. The minimum Gasteiger partial charge on any atom is -0.326 e. The van der Waals surface area contributed by atoms with Crippen molar-refractivity contribution >= 4 is 11.6 Å². The molecule has 1 heterocycles. The van der Waals surface area contributed by atoms with E-state index in [1.165, 1.54) is 0 Å². The molecule has 1 unspecified atom stereocenters. The molecule has 1 N–H and O–H groups in total. The third kappa shape index (κ3) is 3.16. The Morgan fingerprint density at radius 1 is 1.39 bits per heavy atom. The molecule has 0 saturated heterocycles. The van der Waals surface area contributed by atoms with E-state index >= 15 is 0 Å². The van der Waals surface area contributed by atoms with Crippen LogP contribution in [-0.2, 0) is 11.8 Å². The number of nitrogens with one attached hydrogen (secondary N) is 1. The molecule has 1 aromatic heterocycles. The number of aryl methyl sites for hydroxylation is 1. The Bertz CT molecular complexity index is 521. The van der Waals surface area contributed by atoms with Gasteiger partial charge in [0.05, 0.1) is 5.69 Å². The maximum atomic E-state index is 11.8. The summed E-state index contributed by atoms with van der Waals surface area (Å²) in [5.41, 5.74) is 1.65. The van der Waals surface area contributed by atoms with Gasteiger partial charge in [0.2, 0.25) is 5.91 Å². The van der Waals surface area contributed by atoms with Crippen LogP contribution in [0, 0.1) is 0 Å². The van der Waals surface area contributed by atoms with Crippen molar-refractivity contribution in [3.63, 3.8) is 0 Å².